The lowest BCUT2D eigenvalue weighted by Crippen LogP contribution is -2.65. The number of aliphatic hydroxyl groups excluding tert-OH is 2. The fraction of sp³-hybridized carbons (Fsp3) is 0.533. The molecule has 13 atom stereocenters. The molecule has 0 amide bonds. The van der Waals surface area contributed by atoms with Crippen LogP contribution in [0.5, 0.6) is 11.5 Å². The Labute approximate surface area is 412 Å². The number of carbonyl (C=O) groups is 2. The largest absolute Gasteiger partial charge is 0.504 e. The third kappa shape index (κ3) is 7.63. The Morgan fingerprint density at radius 1 is 0.929 bits per heavy atom. The number of fused-ring (bicyclic) bond motifs is 6. The number of ketones is 2. The highest BCUT2D eigenvalue weighted by Gasteiger charge is 2.65. The van der Waals surface area contributed by atoms with Crippen LogP contribution < -0.4 is 21.1 Å². The maximum absolute atomic E-state index is 14.9. The maximum Gasteiger partial charge on any atom is 0.160 e. The maximum atomic E-state index is 14.9. The number of phenolic OH excluding ortho intramolecular Hbond substituents is 1. The van der Waals surface area contributed by atoms with E-state index in [9.17, 15) is 24.9 Å². The minimum atomic E-state index is -1.20. The Hall–Kier alpha value is -5.34. The minimum Gasteiger partial charge on any atom is -0.504 e. The zero-order valence-corrected chi connectivity index (χ0v) is 40.6. The molecule has 3 heterocycles. The molecule has 366 valence electrons. The Morgan fingerprint density at radius 3 is 2.59 bits per heavy atom. The van der Waals surface area contributed by atoms with Crippen LogP contribution in [-0.4, -0.2) is 70.3 Å². The number of aliphatic hydroxyl groups is 2. The second-order valence-corrected chi connectivity index (χ2v) is 22.9. The van der Waals surface area contributed by atoms with Gasteiger partial charge in [-0.05, 0) is 175 Å². The summed E-state index contributed by atoms with van der Waals surface area (Å²) in [7, 11) is 1.54. The van der Waals surface area contributed by atoms with Crippen LogP contribution in [0, 0.1) is 52.3 Å². The minimum absolute atomic E-state index is 0.00608. The van der Waals surface area contributed by atoms with Crippen molar-refractivity contribution >= 4 is 22.3 Å². The van der Waals surface area contributed by atoms with Crippen molar-refractivity contribution in [3.63, 3.8) is 0 Å². The number of hydrogen-bond donors (Lipinski definition) is 7. The average Bonchev–Trinajstić information content (AvgIpc) is 4.07. The second kappa shape index (κ2) is 18.1. The van der Waals surface area contributed by atoms with E-state index >= 15 is 0 Å². The zero-order valence-electron chi connectivity index (χ0n) is 40.6. The number of benzene rings is 3. The molecule has 6 aliphatic carbocycles. The van der Waals surface area contributed by atoms with Crippen LogP contribution in [0.1, 0.15) is 142 Å². The smallest absolute Gasteiger partial charge is 0.160 e. The first-order valence-corrected chi connectivity index (χ1v) is 26.7. The van der Waals surface area contributed by atoms with E-state index in [0.717, 1.165) is 52.4 Å². The number of nitrogens with two attached hydrogens (primary N) is 1. The van der Waals surface area contributed by atoms with Gasteiger partial charge in [-0.2, -0.15) is 0 Å². The predicted molar refractivity (Wildman–Crippen MR) is 271 cm³/mol. The topological polar surface area (TPSA) is 170 Å². The van der Waals surface area contributed by atoms with E-state index in [1.807, 2.05) is 24.3 Å². The number of rotatable bonds is 9. The molecule has 8 N–H and O–H groups in total. The highest BCUT2D eigenvalue weighted by Crippen LogP contribution is 2.70. The van der Waals surface area contributed by atoms with Crippen molar-refractivity contribution in [1.29, 1.82) is 0 Å². The summed E-state index contributed by atoms with van der Waals surface area (Å²) < 4.78 is 5.59. The quantitative estimate of drug-likeness (QED) is 0.0811. The van der Waals surface area contributed by atoms with Crippen LogP contribution in [0.4, 0.5) is 0 Å². The molecule has 0 unspecified atom stereocenters. The van der Waals surface area contributed by atoms with Crippen LogP contribution in [0.25, 0.3) is 10.8 Å². The van der Waals surface area contributed by atoms with Crippen molar-refractivity contribution in [3.8, 4) is 23.3 Å². The summed E-state index contributed by atoms with van der Waals surface area (Å²) in [4.78, 5) is 31.7. The summed E-state index contributed by atoms with van der Waals surface area (Å²) in [6.45, 7) is 1.58. The van der Waals surface area contributed by atoms with E-state index in [4.69, 9.17) is 10.5 Å². The molecule has 4 saturated carbocycles. The van der Waals surface area contributed by atoms with Gasteiger partial charge in [-0.1, -0.05) is 73.2 Å². The molecule has 1 saturated heterocycles. The molecule has 0 radical (unpaired) electrons. The van der Waals surface area contributed by atoms with E-state index in [1.54, 1.807) is 6.07 Å². The van der Waals surface area contributed by atoms with Crippen molar-refractivity contribution in [1.82, 2.24) is 15.6 Å². The normalized spacial score (nSPS) is 33.8. The second-order valence-electron chi connectivity index (χ2n) is 22.9. The predicted octanol–water partition coefficient (Wildman–Crippen LogP) is 8.92. The van der Waals surface area contributed by atoms with Gasteiger partial charge in [0.25, 0.3) is 0 Å². The van der Waals surface area contributed by atoms with Gasteiger partial charge in [-0.25, -0.2) is 0 Å². The number of aromatic amines is 1. The first kappa shape index (κ1) is 45.8. The van der Waals surface area contributed by atoms with Crippen LogP contribution in [0.15, 0.2) is 90.4 Å². The van der Waals surface area contributed by atoms with E-state index in [0.29, 0.717) is 105 Å². The molecule has 70 heavy (non-hydrogen) atoms. The molecule has 5 fully saturated rings. The number of carbonyl (C=O) groups excluding carboxylic acids is 2. The van der Waals surface area contributed by atoms with Crippen LogP contribution in [-0.2, 0) is 16.0 Å². The Morgan fingerprint density at radius 2 is 1.77 bits per heavy atom. The summed E-state index contributed by atoms with van der Waals surface area (Å²) in [6, 6.07) is 20.9. The first-order valence-electron chi connectivity index (χ1n) is 26.7. The molecule has 0 bridgehead atoms. The van der Waals surface area contributed by atoms with Crippen LogP contribution >= 0.6 is 0 Å². The van der Waals surface area contributed by atoms with Crippen molar-refractivity contribution < 1.29 is 29.6 Å². The van der Waals surface area contributed by atoms with Crippen molar-refractivity contribution in [2.75, 3.05) is 20.2 Å². The number of aryl methyl sites for hydroxylation is 1. The van der Waals surface area contributed by atoms with Crippen molar-refractivity contribution in [2.45, 2.75) is 138 Å². The van der Waals surface area contributed by atoms with Crippen molar-refractivity contribution in [2.24, 2.45) is 46.2 Å². The monoisotopic (exact) mass is 943 g/mol. The van der Waals surface area contributed by atoms with Gasteiger partial charge in [0.05, 0.1) is 25.1 Å². The number of dihydropyridines is 1. The molecular formula is C60H70N4O6. The van der Waals surface area contributed by atoms with E-state index < -0.39 is 23.5 Å². The van der Waals surface area contributed by atoms with Gasteiger partial charge in [0.2, 0.25) is 0 Å². The van der Waals surface area contributed by atoms with E-state index in [1.165, 1.54) is 44.1 Å². The van der Waals surface area contributed by atoms with Gasteiger partial charge in [-0.3, -0.25) is 9.59 Å². The SMILES string of the molecule is COc1cc2c(cc1O)[C@H](CC[C@H](O)C[C@H](C1=CCNC(N)=C1)c1ccc3ccccc3c1)C#C[C@@]1(CC[C@@H]([C@@H]3C[C@@H]4c5[nH]ccc5[C@H]5CC(=O)C[C@@H]6NC[C@H]([C@@H]4[C@H]65)C34CCCC4)C[C@H]1O)C(=O)CC2. The highest BCUT2D eigenvalue weighted by molar-refractivity contribution is 5.89. The zero-order chi connectivity index (χ0) is 47.9. The molecule has 1 aromatic heterocycles. The van der Waals surface area contributed by atoms with E-state index in [-0.39, 0.29) is 47.2 Å². The Bertz CT molecular complexity index is 2830. The fourth-order valence-electron chi connectivity index (χ4n) is 16.6. The Kier molecular flexibility index (Phi) is 11.8. The molecule has 2 spiro atoms. The highest BCUT2D eigenvalue weighted by atomic mass is 16.5. The van der Waals surface area contributed by atoms with E-state index in [2.05, 4.69) is 76.1 Å². The third-order valence-corrected chi connectivity index (χ3v) is 19.7. The number of hydrogen-bond acceptors (Lipinski definition) is 9. The van der Waals surface area contributed by atoms with Gasteiger partial charge < -0.3 is 41.4 Å². The number of nitrogens with one attached hydrogen (secondary N) is 3. The molecule has 3 aromatic carbocycles. The van der Waals surface area contributed by atoms with Gasteiger partial charge in [0.1, 0.15) is 11.2 Å². The average molecular weight is 943 g/mol. The lowest BCUT2D eigenvalue weighted by Gasteiger charge is -2.65. The molecule has 8 aliphatic rings. The van der Waals surface area contributed by atoms with Gasteiger partial charge in [0, 0.05) is 61.5 Å². The molecular weight excluding hydrogens is 873 g/mol. The van der Waals surface area contributed by atoms with Crippen LogP contribution in [0.3, 0.4) is 0 Å². The molecule has 4 aromatic rings. The van der Waals surface area contributed by atoms with Crippen LogP contribution in [0.2, 0.25) is 0 Å². The van der Waals surface area contributed by atoms with Gasteiger partial charge >= 0.3 is 0 Å². The standard InChI is InChI=1S/C60H70N4O6/c1-70-52-25-38-11-13-53(68)60(20-14-35(45(38)32-51(52)67)10-12-41(65)28-44(39-16-22-62-55(61)27-39)37-9-8-34-6-2-3-7-36(34)24-37)21-15-40(26-54(60)69)48-31-47-56-49(59(48)18-4-5-19-59)33-64-50-30-42(66)29-46(57(50)56)43-17-23-63-58(43)47/h2-3,6-9,16-17,23-25,27,32,35,40-41,44,46-50,54,56-57,62-65,67,69H,4-5,10-13,15,18-19,21-22,26,28-31,33,61H2,1H3/t35-,40-,41+,44+,46-,47+,48+,49-,50+,54-,56-,57+,60-/m1/s1. The molecule has 2 aliphatic heterocycles. The number of allylic oxidation sites excluding steroid dienone is 2. The van der Waals surface area contributed by atoms with Crippen molar-refractivity contribution in [3.05, 3.63) is 118 Å². The molecule has 12 rings (SSSR count). The number of aromatic nitrogens is 1. The summed E-state index contributed by atoms with van der Waals surface area (Å²) in [5, 5.41) is 45.5. The summed E-state index contributed by atoms with van der Waals surface area (Å²) in [5.74, 6) is 10.9. The summed E-state index contributed by atoms with van der Waals surface area (Å²) in [6.07, 6.45) is 15.9. The third-order valence-electron chi connectivity index (χ3n) is 19.7. The number of Topliss-reactive ketones (excluding diaryl/α,β-unsaturated/α-hetero) is 2. The summed E-state index contributed by atoms with van der Waals surface area (Å²) >= 11 is 0. The number of phenols is 1. The number of methoxy groups -OCH3 is 1. The number of aromatic hydroxyl groups is 1. The fourth-order valence-corrected chi connectivity index (χ4v) is 16.6. The first-order chi connectivity index (χ1) is 34.0. The van der Waals surface area contributed by atoms with Gasteiger partial charge in [0.15, 0.2) is 17.3 Å². The number of H-pyrrole nitrogens is 1. The molecule has 10 nitrogen and oxygen atoms in total. The lowest BCUT2D eigenvalue weighted by molar-refractivity contribution is -0.145. The lowest BCUT2D eigenvalue weighted by atomic mass is 9.41. The molecule has 10 heteroatoms. The summed E-state index contributed by atoms with van der Waals surface area (Å²) in [5.41, 5.74) is 11.9. The Balaban J connectivity index is 0.833. The number of piperidine rings is 1. The number of ether oxygens (including phenoxy) is 1. The van der Waals surface area contributed by atoms with Gasteiger partial charge in [-0.15, -0.1) is 0 Å².